The van der Waals surface area contributed by atoms with Crippen LogP contribution in [-0.4, -0.2) is 40.2 Å². The number of phenols is 1. The number of nitrogens with one attached hydrogen (secondary N) is 1. The van der Waals surface area contributed by atoms with E-state index in [9.17, 15) is 5.11 Å². The molecule has 152 valence electrons. The number of pyridine rings is 1. The fraction of sp³-hybridized carbons (Fsp3) is 0.318. The minimum Gasteiger partial charge on any atom is -0.507 e. The number of allylic oxidation sites excluding steroid dienone is 1. The Kier molecular flexibility index (Phi) is 5.31. The molecule has 2 aliphatic heterocycles. The maximum Gasteiger partial charge on any atom is 0.124 e. The van der Waals surface area contributed by atoms with E-state index in [-0.39, 0.29) is 5.75 Å². The third kappa shape index (κ3) is 3.73. The molecule has 7 nitrogen and oxygen atoms in total. The number of para-hydroxylation sites is 1. The summed E-state index contributed by atoms with van der Waals surface area (Å²) in [4.78, 5) is 9.18. The summed E-state index contributed by atoms with van der Waals surface area (Å²) in [5.74, 6) is 5.93. The van der Waals surface area contributed by atoms with Crippen molar-refractivity contribution in [2.24, 2.45) is 11.6 Å². The molecule has 0 spiro atoms. The fourth-order valence-electron chi connectivity index (χ4n) is 4.52. The Bertz CT molecular complexity index is 926. The highest BCUT2D eigenvalue weighted by Crippen LogP contribution is 2.36. The molecule has 2 saturated heterocycles. The quantitative estimate of drug-likeness (QED) is 0.351. The minimum absolute atomic E-state index is 0.172. The van der Waals surface area contributed by atoms with Gasteiger partial charge in [-0.1, -0.05) is 12.1 Å². The first-order chi connectivity index (χ1) is 14.1. The van der Waals surface area contributed by atoms with Crippen LogP contribution in [0.3, 0.4) is 0 Å². The molecule has 1 aromatic carbocycles. The number of hydrazine groups is 1. The summed E-state index contributed by atoms with van der Waals surface area (Å²) in [6.45, 7) is 3.80. The second-order valence-electron chi connectivity index (χ2n) is 7.66. The second-order valence-corrected chi connectivity index (χ2v) is 7.66. The zero-order chi connectivity index (χ0) is 20.4. The van der Waals surface area contributed by atoms with E-state index < -0.39 is 0 Å². The van der Waals surface area contributed by atoms with E-state index in [1.54, 1.807) is 18.3 Å². The number of rotatable bonds is 5. The summed E-state index contributed by atoms with van der Waals surface area (Å²) >= 11 is 0. The second kappa shape index (κ2) is 8.05. The standard InChI is InChI=1S/C22H28N6O/c1-15-10-16(8-9-25-15)28-17-6-7-18(28)14-27(13-17)19(12-23)11-21(26-24)20-4-2-3-5-22(20)29/h2-5,8-12,17-18,26,29H,6-7,13-14,23-24H2,1H3/b19-12-,21-11-. The molecule has 1 aromatic heterocycles. The van der Waals surface area contributed by atoms with Crippen LogP contribution in [0.15, 0.2) is 60.6 Å². The van der Waals surface area contributed by atoms with Crippen LogP contribution in [0.1, 0.15) is 24.1 Å². The first-order valence-corrected chi connectivity index (χ1v) is 9.95. The smallest absolute Gasteiger partial charge is 0.124 e. The minimum atomic E-state index is 0.172. The lowest BCUT2D eigenvalue weighted by Crippen LogP contribution is -2.53. The lowest BCUT2D eigenvalue weighted by atomic mass is 10.1. The van der Waals surface area contributed by atoms with Crippen molar-refractivity contribution in [3.05, 3.63) is 71.8 Å². The summed E-state index contributed by atoms with van der Waals surface area (Å²) in [5, 5.41) is 10.2. The van der Waals surface area contributed by atoms with Gasteiger partial charge in [0, 0.05) is 54.5 Å². The molecular formula is C22H28N6O. The number of nitrogens with zero attached hydrogens (tertiary/aromatic N) is 3. The molecular weight excluding hydrogens is 364 g/mol. The van der Waals surface area contributed by atoms with Gasteiger partial charge in [0.05, 0.1) is 11.4 Å². The lowest BCUT2D eigenvalue weighted by Gasteiger charge is -2.44. The van der Waals surface area contributed by atoms with Gasteiger partial charge in [0.1, 0.15) is 5.75 Å². The average Bonchev–Trinajstić information content (AvgIpc) is 2.99. The Morgan fingerprint density at radius 1 is 1.21 bits per heavy atom. The van der Waals surface area contributed by atoms with Gasteiger partial charge in [-0.3, -0.25) is 10.8 Å². The maximum absolute atomic E-state index is 10.2. The SMILES string of the molecule is Cc1cc(N2C3CCC2CN(C(/C=C(\NN)c2ccccc2O)=C\N)C3)ccn1. The lowest BCUT2D eigenvalue weighted by molar-refractivity contribution is 0.279. The van der Waals surface area contributed by atoms with E-state index >= 15 is 0 Å². The molecule has 2 atom stereocenters. The topological polar surface area (TPSA) is 104 Å². The van der Waals surface area contributed by atoms with E-state index in [1.165, 1.54) is 5.69 Å². The van der Waals surface area contributed by atoms with E-state index in [0.29, 0.717) is 23.3 Å². The number of aromatic hydroxyl groups is 1. The van der Waals surface area contributed by atoms with Crippen molar-refractivity contribution >= 4 is 11.4 Å². The van der Waals surface area contributed by atoms with Crippen LogP contribution in [-0.2, 0) is 0 Å². The van der Waals surface area contributed by atoms with Crippen LogP contribution in [0, 0.1) is 6.92 Å². The third-order valence-electron chi connectivity index (χ3n) is 5.84. The number of likely N-dealkylation sites (tertiary alicyclic amines) is 1. The zero-order valence-electron chi connectivity index (χ0n) is 16.6. The normalized spacial score (nSPS) is 22.1. The molecule has 2 fully saturated rings. The van der Waals surface area contributed by atoms with Gasteiger partial charge in [0.15, 0.2) is 0 Å². The predicted octanol–water partition coefficient (Wildman–Crippen LogP) is 2.05. The van der Waals surface area contributed by atoms with Crippen LogP contribution in [0.5, 0.6) is 5.75 Å². The Morgan fingerprint density at radius 2 is 1.93 bits per heavy atom. The summed E-state index contributed by atoms with van der Waals surface area (Å²) in [6, 6.07) is 12.2. The van der Waals surface area contributed by atoms with Crippen LogP contribution in [0.2, 0.25) is 0 Å². The highest BCUT2D eigenvalue weighted by atomic mass is 16.3. The molecule has 2 unspecified atom stereocenters. The Balaban J connectivity index is 1.57. The number of fused-ring (bicyclic) bond motifs is 2. The number of hydrogen-bond donors (Lipinski definition) is 4. The number of phenolic OH excluding ortho intramolecular Hbond substituents is 1. The van der Waals surface area contributed by atoms with Gasteiger partial charge in [-0.25, -0.2) is 0 Å². The van der Waals surface area contributed by atoms with Crippen molar-refractivity contribution in [1.82, 2.24) is 15.3 Å². The number of nitrogens with two attached hydrogens (primary N) is 2. The zero-order valence-corrected chi connectivity index (χ0v) is 16.6. The predicted molar refractivity (Wildman–Crippen MR) is 116 cm³/mol. The Labute approximate surface area is 171 Å². The van der Waals surface area contributed by atoms with Crippen LogP contribution < -0.4 is 21.9 Å². The van der Waals surface area contributed by atoms with E-state index in [2.05, 4.69) is 32.3 Å². The highest BCUT2D eigenvalue weighted by Gasteiger charge is 2.40. The summed E-state index contributed by atoms with van der Waals surface area (Å²) < 4.78 is 0. The first-order valence-electron chi connectivity index (χ1n) is 9.95. The molecule has 29 heavy (non-hydrogen) atoms. The monoisotopic (exact) mass is 392 g/mol. The van der Waals surface area contributed by atoms with Gasteiger partial charge >= 0.3 is 0 Å². The highest BCUT2D eigenvalue weighted by molar-refractivity contribution is 5.70. The number of anilines is 1. The van der Waals surface area contributed by atoms with Crippen molar-refractivity contribution in [2.45, 2.75) is 31.8 Å². The fourth-order valence-corrected chi connectivity index (χ4v) is 4.52. The van der Waals surface area contributed by atoms with Crippen LogP contribution in [0.25, 0.3) is 5.70 Å². The Morgan fingerprint density at radius 3 is 2.55 bits per heavy atom. The average molecular weight is 393 g/mol. The third-order valence-corrected chi connectivity index (χ3v) is 5.84. The number of aromatic nitrogens is 1. The van der Waals surface area contributed by atoms with Crippen LogP contribution >= 0.6 is 0 Å². The number of benzene rings is 1. The van der Waals surface area contributed by atoms with E-state index in [4.69, 9.17) is 11.6 Å². The molecule has 0 saturated carbocycles. The molecule has 0 radical (unpaired) electrons. The van der Waals surface area contributed by atoms with Gasteiger partial charge in [-0.15, -0.1) is 0 Å². The van der Waals surface area contributed by atoms with E-state index in [0.717, 1.165) is 37.3 Å². The van der Waals surface area contributed by atoms with Crippen LogP contribution in [0.4, 0.5) is 5.69 Å². The molecule has 2 bridgehead atoms. The van der Waals surface area contributed by atoms with E-state index in [1.807, 2.05) is 31.3 Å². The van der Waals surface area contributed by atoms with Gasteiger partial charge < -0.3 is 26.1 Å². The van der Waals surface area contributed by atoms with Gasteiger partial charge in [0.2, 0.25) is 0 Å². The van der Waals surface area contributed by atoms with Gasteiger partial charge in [-0.05, 0) is 50.1 Å². The molecule has 7 heteroatoms. The number of aryl methyl sites for hydroxylation is 1. The molecule has 2 aliphatic rings. The summed E-state index contributed by atoms with van der Waals surface area (Å²) in [7, 11) is 0. The number of piperazine rings is 1. The molecule has 4 rings (SSSR count). The van der Waals surface area contributed by atoms with Crippen molar-refractivity contribution in [1.29, 1.82) is 0 Å². The molecule has 0 amide bonds. The Hall–Kier alpha value is -3.19. The molecule has 2 aromatic rings. The molecule has 0 aliphatic carbocycles. The van der Waals surface area contributed by atoms with Crippen molar-refractivity contribution in [3.63, 3.8) is 0 Å². The summed E-state index contributed by atoms with van der Waals surface area (Å²) in [5.41, 5.74) is 13.1. The largest absolute Gasteiger partial charge is 0.507 e. The van der Waals surface area contributed by atoms with Crippen molar-refractivity contribution in [3.8, 4) is 5.75 Å². The maximum atomic E-state index is 10.2. The summed E-state index contributed by atoms with van der Waals surface area (Å²) in [6.07, 6.45) is 7.72. The molecule has 6 N–H and O–H groups in total. The molecule has 3 heterocycles. The van der Waals surface area contributed by atoms with Gasteiger partial charge in [0.25, 0.3) is 0 Å². The number of hydrogen-bond acceptors (Lipinski definition) is 7. The van der Waals surface area contributed by atoms with Gasteiger partial charge in [-0.2, -0.15) is 0 Å². The van der Waals surface area contributed by atoms with Crippen molar-refractivity contribution in [2.75, 3.05) is 18.0 Å². The first kappa shape index (κ1) is 19.1. The van der Waals surface area contributed by atoms with Crippen molar-refractivity contribution < 1.29 is 5.11 Å².